The van der Waals surface area contributed by atoms with Crippen molar-refractivity contribution in [2.75, 3.05) is 0 Å². The molecule has 0 atom stereocenters. The van der Waals surface area contributed by atoms with Crippen LogP contribution >= 0.6 is 0 Å². The summed E-state index contributed by atoms with van der Waals surface area (Å²) in [7, 11) is 0. The predicted octanol–water partition coefficient (Wildman–Crippen LogP) is 22.3. The van der Waals surface area contributed by atoms with Gasteiger partial charge >= 0.3 is 0 Å². The van der Waals surface area contributed by atoms with Gasteiger partial charge in [0.1, 0.15) is 24.3 Å². The fraction of sp³-hybridized carbons (Fsp3) is 0. The molecule has 99 heavy (non-hydrogen) atoms. The van der Waals surface area contributed by atoms with E-state index in [-0.39, 0.29) is 11.1 Å². The van der Waals surface area contributed by atoms with Gasteiger partial charge in [0.05, 0.1) is 100 Å². The van der Waals surface area contributed by atoms with Gasteiger partial charge in [0.2, 0.25) is 0 Å². The van der Waals surface area contributed by atoms with Gasteiger partial charge in [-0.1, -0.05) is 182 Å². The molecule has 9 nitrogen and oxygen atoms in total. The molecule has 15 aromatic carbocycles. The number of hydrogen-bond acceptors (Lipinski definition) is 4. The van der Waals surface area contributed by atoms with E-state index in [1.54, 1.807) is 0 Å². The number of hydrogen-bond donors (Lipinski definition) is 0. The molecule has 0 fully saturated rings. The normalized spacial score (nSPS) is 11.8. The molecule has 5 heterocycles. The Labute approximate surface area is 565 Å². The number of aromatic nitrogens is 5. The zero-order valence-corrected chi connectivity index (χ0v) is 52.8. The summed E-state index contributed by atoms with van der Waals surface area (Å²) in [4.78, 5) is 0. The molecule has 0 aliphatic heterocycles. The Balaban J connectivity index is 0.754. The summed E-state index contributed by atoms with van der Waals surface area (Å²) in [6.45, 7) is 0. The molecule has 0 saturated carbocycles. The summed E-state index contributed by atoms with van der Waals surface area (Å²) in [6, 6.07) is 114. The topological polar surface area (TPSA) is 120 Å². The van der Waals surface area contributed by atoms with E-state index in [9.17, 15) is 21.0 Å². The molecule has 454 valence electrons. The van der Waals surface area contributed by atoms with Gasteiger partial charge in [-0.25, -0.2) is 0 Å². The average molecular weight is 1260 g/mol. The van der Waals surface area contributed by atoms with Crippen LogP contribution in [-0.2, 0) is 0 Å². The van der Waals surface area contributed by atoms with Crippen molar-refractivity contribution >= 4 is 131 Å². The molecule has 9 heteroatoms. The van der Waals surface area contributed by atoms with E-state index in [4.69, 9.17) is 0 Å². The zero-order chi connectivity index (χ0) is 65.7. The van der Waals surface area contributed by atoms with E-state index in [2.05, 4.69) is 278 Å². The van der Waals surface area contributed by atoms with Crippen molar-refractivity contribution in [1.29, 1.82) is 21.0 Å². The standard InChI is InChI=1S/C90H49N9/c91-50-71-73(52-93)86(44-42-83(71)96-77-27-13-8-22-65(77)66-23-9-14-28-78(66)96)99-82-41-35-60(95-75-25-11-6-20-63(75)64-21-7-12-26-76(64)95)49-70(82)90-62-36-30-56(46-59(62)34-40-88(90)99)58-33-37-80-68(47-58)67-24-10-15-29-79(67)97(80)84-43-45-85(74(53-94)72(84)51-92)98-81-38-32-57(54-16-2-1-3-17-54)48-69(81)89-61-19-5-4-18-55(61)31-39-87(89)98/h1-49H. The number of benzene rings is 15. The monoisotopic (exact) mass is 1260 g/mol. The maximum Gasteiger partial charge on any atom is 0.103 e. The second-order valence-corrected chi connectivity index (χ2v) is 25.5. The molecule has 0 spiro atoms. The molecule has 0 unspecified atom stereocenters. The van der Waals surface area contributed by atoms with Crippen molar-refractivity contribution in [3.05, 3.63) is 320 Å². The first-order valence-corrected chi connectivity index (χ1v) is 33.0. The fourth-order valence-corrected chi connectivity index (χ4v) is 16.4. The number of nitrogens with zero attached hydrogens (tertiary/aromatic N) is 9. The average Bonchev–Trinajstić information content (AvgIpc) is 1.57. The molecule has 0 aliphatic rings. The van der Waals surface area contributed by atoms with E-state index in [1.165, 1.54) is 10.8 Å². The lowest BCUT2D eigenvalue weighted by Crippen LogP contribution is -2.05. The van der Waals surface area contributed by atoms with Gasteiger partial charge in [-0.05, 0) is 159 Å². The van der Waals surface area contributed by atoms with Crippen LogP contribution in [0.2, 0.25) is 0 Å². The third-order valence-corrected chi connectivity index (χ3v) is 20.6. The zero-order valence-electron chi connectivity index (χ0n) is 52.8. The summed E-state index contributed by atoms with van der Waals surface area (Å²) in [5.41, 5.74) is 18.5. The molecular weight excluding hydrogens is 1210 g/mol. The van der Waals surface area contributed by atoms with Gasteiger partial charge in [-0.15, -0.1) is 0 Å². The van der Waals surface area contributed by atoms with Gasteiger partial charge in [0.15, 0.2) is 0 Å². The Hall–Kier alpha value is -14.2. The summed E-state index contributed by atoms with van der Waals surface area (Å²) < 4.78 is 10.9. The third-order valence-electron chi connectivity index (χ3n) is 20.6. The molecule has 0 N–H and O–H groups in total. The number of rotatable bonds is 7. The molecule has 0 aliphatic carbocycles. The second-order valence-electron chi connectivity index (χ2n) is 25.5. The van der Waals surface area contributed by atoms with Crippen LogP contribution in [0, 0.1) is 45.3 Å². The first-order valence-electron chi connectivity index (χ1n) is 33.0. The van der Waals surface area contributed by atoms with Crippen LogP contribution in [0.3, 0.4) is 0 Å². The van der Waals surface area contributed by atoms with Crippen LogP contribution in [0.15, 0.2) is 297 Å². The van der Waals surface area contributed by atoms with Crippen molar-refractivity contribution in [3.8, 4) is 75.0 Å². The minimum Gasteiger partial charge on any atom is -0.309 e. The molecule has 20 aromatic rings. The Morgan fingerprint density at radius 3 is 1.01 bits per heavy atom. The van der Waals surface area contributed by atoms with E-state index in [0.717, 1.165) is 148 Å². The number of fused-ring (bicyclic) bond motifs is 19. The van der Waals surface area contributed by atoms with E-state index < -0.39 is 0 Å². The molecular formula is C90H49N9. The molecule has 0 saturated heterocycles. The van der Waals surface area contributed by atoms with E-state index in [1.807, 2.05) is 66.7 Å². The lowest BCUT2D eigenvalue weighted by Gasteiger charge is -2.16. The minimum atomic E-state index is 0.284. The highest BCUT2D eigenvalue weighted by molar-refractivity contribution is 6.24. The van der Waals surface area contributed by atoms with Crippen molar-refractivity contribution in [1.82, 2.24) is 22.8 Å². The van der Waals surface area contributed by atoms with Crippen molar-refractivity contribution < 1.29 is 0 Å². The van der Waals surface area contributed by atoms with Crippen molar-refractivity contribution in [2.24, 2.45) is 0 Å². The lowest BCUT2D eigenvalue weighted by molar-refractivity contribution is 1.12. The highest BCUT2D eigenvalue weighted by atomic mass is 15.0. The van der Waals surface area contributed by atoms with Crippen LogP contribution < -0.4 is 0 Å². The van der Waals surface area contributed by atoms with Gasteiger partial charge < -0.3 is 22.8 Å². The smallest absolute Gasteiger partial charge is 0.103 e. The van der Waals surface area contributed by atoms with Crippen LogP contribution in [0.4, 0.5) is 0 Å². The highest BCUT2D eigenvalue weighted by Gasteiger charge is 2.27. The maximum absolute atomic E-state index is 11.4. The molecule has 0 bridgehead atoms. The SMILES string of the molecule is N#Cc1c(-n2c3ccccc3c3cc(-c4ccc5c(ccc6c5c5cc(-n7c8ccccc8c8ccccc87)ccc5n6-c5ccc(-n6c7ccccc7c7ccccc76)c(C#N)c5C#N)c4)ccc32)ccc(-n2c3ccc(-c4ccccc4)cc3c3c4ccccc4ccc32)c1C#N. The predicted molar refractivity (Wildman–Crippen MR) is 403 cm³/mol. The van der Waals surface area contributed by atoms with Gasteiger partial charge in [-0.2, -0.15) is 21.0 Å². The maximum atomic E-state index is 11.4. The van der Waals surface area contributed by atoms with Crippen molar-refractivity contribution in [2.45, 2.75) is 0 Å². The number of para-hydroxylation sites is 5. The highest BCUT2D eigenvalue weighted by Crippen LogP contribution is 2.46. The van der Waals surface area contributed by atoms with Crippen LogP contribution in [0.5, 0.6) is 0 Å². The molecule has 0 amide bonds. The Bertz CT molecular complexity index is 7050. The Morgan fingerprint density at radius 2 is 0.515 bits per heavy atom. The fourth-order valence-electron chi connectivity index (χ4n) is 16.4. The first-order chi connectivity index (χ1) is 49.0. The molecule has 20 rings (SSSR count). The Morgan fingerprint density at radius 1 is 0.192 bits per heavy atom. The summed E-state index contributed by atoms with van der Waals surface area (Å²) in [6.07, 6.45) is 0. The second kappa shape index (κ2) is 21.1. The quantitative estimate of drug-likeness (QED) is 0.158. The Kier molecular flexibility index (Phi) is 11.8. The number of nitriles is 4. The lowest BCUT2D eigenvalue weighted by atomic mass is 9.97. The molecule has 5 aromatic heterocycles. The van der Waals surface area contributed by atoms with Crippen LogP contribution in [-0.4, -0.2) is 22.8 Å². The largest absolute Gasteiger partial charge is 0.309 e. The van der Waals surface area contributed by atoms with E-state index >= 15 is 0 Å². The summed E-state index contributed by atoms with van der Waals surface area (Å²) >= 11 is 0. The van der Waals surface area contributed by atoms with Crippen LogP contribution in [0.1, 0.15) is 22.3 Å². The molecule has 0 radical (unpaired) electrons. The summed E-state index contributed by atoms with van der Waals surface area (Å²) in [5, 5.41) is 60.5. The van der Waals surface area contributed by atoms with Gasteiger partial charge in [-0.3, -0.25) is 0 Å². The van der Waals surface area contributed by atoms with Gasteiger partial charge in [0.25, 0.3) is 0 Å². The third kappa shape index (κ3) is 7.81. The van der Waals surface area contributed by atoms with Crippen LogP contribution in [0.25, 0.3) is 181 Å². The van der Waals surface area contributed by atoms with E-state index in [0.29, 0.717) is 33.9 Å². The summed E-state index contributed by atoms with van der Waals surface area (Å²) in [5.74, 6) is 0. The minimum absolute atomic E-state index is 0.284. The van der Waals surface area contributed by atoms with Crippen molar-refractivity contribution in [3.63, 3.8) is 0 Å². The first kappa shape index (κ1) is 55.3. The van der Waals surface area contributed by atoms with Gasteiger partial charge in [0, 0.05) is 59.5 Å².